The predicted octanol–water partition coefficient (Wildman–Crippen LogP) is 12.4. The molecule has 638 valence electrons. The second-order valence-corrected chi connectivity index (χ2v) is 30.7. The monoisotopic (exact) mass is 1900 g/mol. The van der Waals surface area contributed by atoms with Crippen molar-refractivity contribution in [3.05, 3.63) is 215 Å². The van der Waals surface area contributed by atoms with Gasteiger partial charge >= 0.3 is 33.9 Å². The summed E-state index contributed by atoms with van der Waals surface area (Å²) in [5.74, 6) is -6.95. The molecule has 0 aliphatic carbocycles. The molecule has 7 aromatic heterocycles. The zero-order valence-corrected chi connectivity index (χ0v) is 70.4. The Bertz CT molecular complexity index is 5100. The van der Waals surface area contributed by atoms with Gasteiger partial charge in [-0.25, -0.2) is 14.0 Å². The number of hydrogen-bond donors (Lipinski definition) is 8. The van der Waals surface area contributed by atoms with Crippen LogP contribution in [0.2, 0.25) is 31.3 Å². The van der Waals surface area contributed by atoms with Crippen molar-refractivity contribution >= 4 is 159 Å². The number of amides is 6. The van der Waals surface area contributed by atoms with Gasteiger partial charge in [0.15, 0.2) is 33.1 Å². The fourth-order valence-corrected chi connectivity index (χ4v) is 12.8. The lowest BCUT2D eigenvalue weighted by atomic mass is 9.81. The summed E-state index contributed by atoms with van der Waals surface area (Å²) < 4.78 is 138. The maximum atomic E-state index is 13.2. The number of furan rings is 4. The lowest BCUT2D eigenvalue weighted by Crippen LogP contribution is -2.50. The van der Waals surface area contributed by atoms with E-state index in [0.29, 0.717) is 21.3 Å². The fourth-order valence-electron chi connectivity index (χ4n) is 10.8. The van der Waals surface area contributed by atoms with Crippen molar-refractivity contribution < 1.29 is 112 Å². The van der Waals surface area contributed by atoms with E-state index in [-0.39, 0.29) is 121 Å². The molecule has 11 N–H and O–H groups in total. The molecule has 5 unspecified atom stereocenters. The first-order chi connectivity index (χ1) is 56.2. The van der Waals surface area contributed by atoms with Gasteiger partial charge < -0.3 is 79.7 Å². The van der Waals surface area contributed by atoms with Crippen molar-refractivity contribution in [1.29, 1.82) is 0 Å². The Kier molecular flexibility index (Phi) is 33.9. The Morgan fingerprint density at radius 3 is 1.18 bits per heavy atom. The molecule has 0 radical (unpaired) electrons. The van der Waals surface area contributed by atoms with Gasteiger partial charge in [0.2, 0.25) is 28.0 Å². The van der Waals surface area contributed by atoms with E-state index in [1.807, 2.05) is 61.5 Å². The Balaban J connectivity index is 0.000000211. The van der Waals surface area contributed by atoms with E-state index < -0.39 is 117 Å². The number of rotatable bonds is 25. The highest BCUT2D eigenvalue weighted by Crippen LogP contribution is 2.40. The lowest BCUT2D eigenvalue weighted by Gasteiger charge is -2.32. The second-order valence-electron chi connectivity index (χ2n) is 27.6. The highest BCUT2D eigenvalue weighted by molar-refractivity contribution is 14.1. The summed E-state index contributed by atoms with van der Waals surface area (Å²) in [6.07, 6.45) is 2.54. The zero-order chi connectivity index (χ0) is 89.2. The van der Waals surface area contributed by atoms with Crippen LogP contribution in [-0.4, -0.2) is 155 Å². The van der Waals surface area contributed by atoms with E-state index >= 15 is 0 Å². The third-order valence-corrected chi connectivity index (χ3v) is 20.5. The fraction of sp³-hybridized carbons (Fsp3) is 0.324. The van der Waals surface area contributed by atoms with Gasteiger partial charge in [0, 0.05) is 48.1 Å². The summed E-state index contributed by atoms with van der Waals surface area (Å²) in [6, 6.07) is 28.5. The van der Waals surface area contributed by atoms with E-state index in [9.17, 15) is 74.5 Å². The average Bonchev–Trinajstić information content (AvgIpc) is 1.52. The molecule has 0 bridgehead atoms. The summed E-state index contributed by atoms with van der Waals surface area (Å²) in [7, 11) is -1.84. The Labute approximate surface area is 720 Å². The summed E-state index contributed by atoms with van der Waals surface area (Å²) in [5, 5.41) is 38.0. The quantitative estimate of drug-likeness (QED) is 0.0114. The van der Waals surface area contributed by atoms with E-state index in [2.05, 4.69) is 31.2 Å². The van der Waals surface area contributed by atoms with Crippen LogP contribution in [0.3, 0.4) is 0 Å². The number of nitrogens with one attached hydrogen (secondary N) is 3. The number of nitrogens with two attached hydrogens (primary N) is 3. The zero-order valence-electron chi connectivity index (χ0n) is 64.7. The van der Waals surface area contributed by atoms with Gasteiger partial charge in [0.1, 0.15) is 21.1 Å². The Hall–Kier alpha value is -9.23. The normalized spacial score (nSPS) is 15.5. The smallest absolute Gasteiger partial charge is 0.473 e. The number of alkyl halides is 7. The minimum atomic E-state index is -3.06. The van der Waals surface area contributed by atoms with Gasteiger partial charge in [-0.15, -0.1) is 0 Å². The van der Waals surface area contributed by atoms with Crippen LogP contribution in [0, 0.1) is 3.70 Å². The summed E-state index contributed by atoms with van der Waals surface area (Å²) >= 11 is 36.6. The first-order valence-corrected chi connectivity index (χ1v) is 38.1. The molecule has 119 heavy (non-hydrogen) atoms. The van der Waals surface area contributed by atoms with Crippen molar-refractivity contribution in [2.75, 3.05) is 7.15 Å². The molecule has 9 heterocycles. The van der Waals surface area contributed by atoms with Crippen LogP contribution in [0.4, 0.5) is 30.7 Å². The summed E-state index contributed by atoms with van der Waals surface area (Å²) in [5.41, 5.74) is 16.5. The molecule has 0 spiro atoms. The molecule has 2 aliphatic rings. The second kappa shape index (κ2) is 42.3. The molecule has 0 saturated carbocycles. The maximum Gasteiger partial charge on any atom is 0.499 e. The molecule has 12 rings (SSSR count). The molecule has 2 fully saturated rings. The Morgan fingerprint density at radius 1 is 0.513 bits per heavy atom. The molecular formula is C74H76B2Cl6F7IN12O17. The number of halogens is 14. The van der Waals surface area contributed by atoms with Gasteiger partial charge in [0.25, 0.3) is 23.6 Å². The number of hydrogen-bond acceptors (Lipinski definition) is 20. The van der Waals surface area contributed by atoms with Crippen molar-refractivity contribution in [2.24, 2.45) is 17.2 Å². The molecule has 45 heteroatoms. The predicted molar refractivity (Wildman–Crippen MR) is 433 cm³/mol. The van der Waals surface area contributed by atoms with Gasteiger partial charge in [-0.2, -0.15) is 41.6 Å². The van der Waals surface area contributed by atoms with Crippen LogP contribution in [0.25, 0.3) is 22.5 Å². The van der Waals surface area contributed by atoms with Gasteiger partial charge in [-0.3, -0.25) is 38.0 Å². The molecule has 2 aliphatic heterocycles. The standard InChI is InChI=1S/C19H16Cl2F2N4O4.C19H14Cl2F2N4O4.C15H15F2IN4O3.C10H13BCl2O3.C10H15BO3.CH3F/c2*20-13-7-10(16(21)31-13)14-11(8-27(26-14)19(22)23)18(30)25-12(15(28)17(24)29)6-9-4-2-1-3-5-9;16-15(17)22-7-9(12(18)21-22)14(25)20-10(11(23)13(19)24)6-8-4-2-1-3-5-8;1-9(2)10(3,4)16-11(15-9)6-5-7(12)14-8(6)13;1-9(2)10(3,4)14-11(13-9)8-5-6-12-7-8;1-2/h1-5,7-8,12,15,19,28H,6H2,(H2,24,29)(H,25,30);1-5,7-8,12,19H,6H2,(H2,24,29)(H,25,30);1-5,7,10-11,15,23H,6H2,(H2,19,24)(H,20,25);5H,1-4H3;5-7H,1-4H3;1H3/i;;;;;1D. The van der Waals surface area contributed by atoms with E-state index in [4.69, 9.17) is 124 Å². The maximum absolute atomic E-state index is 13.2. The number of aromatic nitrogens is 6. The Morgan fingerprint density at radius 2 is 0.857 bits per heavy atom. The van der Waals surface area contributed by atoms with Crippen molar-refractivity contribution in [3.63, 3.8) is 0 Å². The third kappa shape index (κ3) is 25.7. The average molecular weight is 1900 g/mol. The first kappa shape index (κ1) is 95.2. The lowest BCUT2D eigenvalue weighted by molar-refractivity contribution is -0.137. The molecular weight excluding hydrogens is 1820 g/mol. The van der Waals surface area contributed by atoms with Crippen LogP contribution in [0.15, 0.2) is 164 Å². The van der Waals surface area contributed by atoms with Crippen LogP contribution in [0.1, 0.15) is 124 Å². The number of carbonyl (C=O) groups is 7. The highest BCUT2D eigenvalue weighted by Gasteiger charge is 2.54. The van der Waals surface area contributed by atoms with Crippen molar-refractivity contribution in [2.45, 2.75) is 147 Å². The molecule has 5 atom stereocenters. The van der Waals surface area contributed by atoms with E-state index in [1.54, 1.807) is 132 Å². The molecule has 3 aromatic carbocycles. The first-order valence-electron chi connectivity index (χ1n) is 35.4. The van der Waals surface area contributed by atoms with E-state index in [0.717, 1.165) is 29.6 Å². The number of aliphatic hydroxyl groups excluding tert-OH is 2. The number of nitrogens with zero attached hydrogens (tertiary/aromatic N) is 6. The van der Waals surface area contributed by atoms with Crippen molar-refractivity contribution in [1.82, 2.24) is 45.3 Å². The van der Waals surface area contributed by atoms with Gasteiger partial charge in [-0.05, 0) is 189 Å². The number of primary amides is 3. The minimum Gasteiger partial charge on any atom is -0.473 e. The summed E-state index contributed by atoms with van der Waals surface area (Å²) in [6.45, 7) is 7.05. The van der Waals surface area contributed by atoms with Crippen molar-refractivity contribution in [3.8, 4) is 22.5 Å². The molecule has 10 aromatic rings. The minimum absolute atomic E-state index is 0.00273. The van der Waals surface area contributed by atoms with Gasteiger partial charge in [0.05, 0.1) is 83.4 Å². The molecule has 6 amide bonds. The molecule has 2 saturated heterocycles. The highest BCUT2D eigenvalue weighted by atomic mass is 127. The third-order valence-electron chi connectivity index (χ3n) is 18.3. The van der Waals surface area contributed by atoms with Crippen LogP contribution >= 0.6 is 92.2 Å². The molecule has 29 nitrogen and oxygen atoms in total. The number of carbonyl (C=O) groups excluding carboxylic acids is 7. The number of ketones is 1. The van der Waals surface area contributed by atoms with Crippen LogP contribution in [0.5, 0.6) is 0 Å². The van der Waals surface area contributed by atoms with Crippen LogP contribution < -0.4 is 44.1 Å². The van der Waals surface area contributed by atoms with E-state index in [1.165, 1.54) is 12.1 Å². The van der Waals surface area contributed by atoms with Crippen LogP contribution in [-0.2, 0) is 57.1 Å². The topological polar surface area (TPSA) is 417 Å². The number of benzene rings is 3. The number of Topliss-reactive ketones (excluding diaryl/α,β-unsaturated/α-hetero) is 1. The summed E-state index contributed by atoms with van der Waals surface area (Å²) in [4.78, 5) is 84.7. The largest absolute Gasteiger partial charge is 0.499 e. The van der Waals surface area contributed by atoms with Gasteiger partial charge in [-0.1, -0.05) is 91.0 Å². The SMILES string of the molecule is CC1(C)OB(c2cc(Cl)oc2Cl)OC1(C)C.CC1(C)OB(c2ccoc2)OC1(C)C.NC(=O)C(=O)C(Cc1ccccc1)NC(=O)c1cn(C(F)F)nc1-c1cc(Cl)oc1Cl.NC(=O)C(O)C(Cc1ccccc1)NC(=O)c1cn(C(F)F)nc1-c1cc(Cl)oc1Cl.NC(=O)C(O)C(Cc1ccccc1)NC(=O)c1cn(C(F)F)nc1I.[2H]CF. The number of aliphatic hydroxyl groups is 2.